The molecule has 0 unspecified atom stereocenters. The number of fused-ring (bicyclic) bond motifs is 6. The number of pyridine rings is 1. The second kappa shape index (κ2) is 4.84. The number of nitrogens with zero attached hydrogens (tertiary/aromatic N) is 2. The molecule has 0 radical (unpaired) electrons. The standard InChI is InChI=1S/C15H8F3N3.ClH/c16-15(17,18)14-12-9-5-6-19-7-11(9)8-3-1-2-4-10(8)13(12)20-21-14;/h1-7H,(H,20,21);1H. The number of hydrogen-bond acceptors (Lipinski definition) is 2. The fraction of sp³-hybridized carbons (Fsp3) is 0.0667. The van der Waals surface area contributed by atoms with Crippen molar-refractivity contribution in [2.24, 2.45) is 0 Å². The molecule has 7 heteroatoms. The van der Waals surface area contributed by atoms with Gasteiger partial charge in [0, 0.05) is 28.6 Å². The van der Waals surface area contributed by atoms with Crippen LogP contribution in [0.2, 0.25) is 0 Å². The third kappa shape index (κ3) is 1.91. The van der Waals surface area contributed by atoms with Crippen molar-refractivity contribution >= 4 is 44.9 Å². The Labute approximate surface area is 128 Å². The maximum Gasteiger partial charge on any atom is 0.433 e. The summed E-state index contributed by atoms with van der Waals surface area (Å²) < 4.78 is 39.6. The molecule has 4 aromatic rings. The maximum absolute atomic E-state index is 13.2. The first-order valence-electron chi connectivity index (χ1n) is 6.27. The minimum atomic E-state index is -4.48. The molecule has 112 valence electrons. The summed E-state index contributed by atoms with van der Waals surface area (Å²) in [7, 11) is 0. The minimum Gasteiger partial charge on any atom is -0.272 e. The van der Waals surface area contributed by atoms with Gasteiger partial charge in [0.15, 0.2) is 0 Å². The van der Waals surface area contributed by atoms with E-state index in [1.807, 2.05) is 12.1 Å². The summed E-state index contributed by atoms with van der Waals surface area (Å²) in [5.74, 6) is 0. The van der Waals surface area contributed by atoms with Crippen LogP contribution in [-0.2, 0) is 6.18 Å². The second-order valence-electron chi connectivity index (χ2n) is 4.79. The molecule has 4 rings (SSSR count). The molecule has 2 aromatic carbocycles. The number of alkyl halides is 3. The Morgan fingerprint density at radius 2 is 1.64 bits per heavy atom. The van der Waals surface area contributed by atoms with Gasteiger partial charge in [0.2, 0.25) is 0 Å². The second-order valence-corrected chi connectivity index (χ2v) is 4.79. The predicted molar refractivity (Wildman–Crippen MR) is 81.2 cm³/mol. The van der Waals surface area contributed by atoms with Crippen molar-refractivity contribution in [2.75, 3.05) is 0 Å². The van der Waals surface area contributed by atoms with Gasteiger partial charge in [-0.2, -0.15) is 18.3 Å². The number of hydrogen-bond donors (Lipinski definition) is 1. The van der Waals surface area contributed by atoms with Crippen LogP contribution in [0, 0.1) is 0 Å². The van der Waals surface area contributed by atoms with Gasteiger partial charge < -0.3 is 0 Å². The molecule has 0 atom stereocenters. The largest absolute Gasteiger partial charge is 0.433 e. The molecule has 0 aliphatic carbocycles. The summed E-state index contributed by atoms with van der Waals surface area (Å²) in [5, 5.41) is 8.85. The van der Waals surface area contributed by atoms with Crippen LogP contribution in [0.4, 0.5) is 13.2 Å². The molecule has 0 aliphatic rings. The van der Waals surface area contributed by atoms with Crippen LogP contribution in [0.1, 0.15) is 5.69 Å². The van der Waals surface area contributed by atoms with Gasteiger partial charge in [-0.1, -0.05) is 24.3 Å². The highest BCUT2D eigenvalue weighted by Crippen LogP contribution is 2.40. The Morgan fingerprint density at radius 3 is 2.36 bits per heavy atom. The van der Waals surface area contributed by atoms with Crippen molar-refractivity contribution in [2.45, 2.75) is 6.18 Å². The number of halogens is 4. The van der Waals surface area contributed by atoms with Crippen LogP contribution in [-0.4, -0.2) is 15.2 Å². The summed E-state index contributed by atoms with van der Waals surface area (Å²) in [6, 6.07) is 8.85. The third-order valence-electron chi connectivity index (χ3n) is 3.61. The molecular weight excluding hydrogens is 315 g/mol. The lowest BCUT2D eigenvalue weighted by Crippen LogP contribution is -2.06. The van der Waals surface area contributed by atoms with Crippen LogP contribution in [0.5, 0.6) is 0 Å². The zero-order valence-corrected chi connectivity index (χ0v) is 11.8. The highest BCUT2D eigenvalue weighted by molar-refractivity contribution is 6.24. The van der Waals surface area contributed by atoms with E-state index >= 15 is 0 Å². The van der Waals surface area contributed by atoms with Crippen molar-refractivity contribution in [3.63, 3.8) is 0 Å². The molecule has 0 saturated carbocycles. The smallest absolute Gasteiger partial charge is 0.272 e. The van der Waals surface area contributed by atoms with Crippen LogP contribution < -0.4 is 0 Å². The molecule has 2 aromatic heterocycles. The highest BCUT2D eigenvalue weighted by atomic mass is 35.5. The average Bonchev–Trinajstić information content (AvgIpc) is 2.93. The quantitative estimate of drug-likeness (QED) is 0.476. The third-order valence-corrected chi connectivity index (χ3v) is 3.61. The summed E-state index contributed by atoms with van der Waals surface area (Å²) in [4.78, 5) is 4.03. The molecule has 0 aliphatic heterocycles. The Hall–Kier alpha value is -2.34. The van der Waals surface area contributed by atoms with Crippen molar-refractivity contribution in [3.8, 4) is 0 Å². The molecule has 0 spiro atoms. The van der Waals surface area contributed by atoms with Crippen molar-refractivity contribution in [1.29, 1.82) is 0 Å². The van der Waals surface area contributed by atoms with E-state index in [1.165, 1.54) is 6.20 Å². The lowest BCUT2D eigenvalue weighted by atomic mass is 9.98. The molecule has 0 saturated heterocycles. The van der Waals surface area contributed by atoms with Gasteiger partial charge in [-0.25, -0.2) is 0 Å². The molecule has 0 bridgehead atoms. The molecule has 3 nitrogen and oxygen atoms in total. The van der Waals surface area contributed by atoms with Crippen molar-refractivity contribution in [1.82, 2.24) is 15.2 Å². The fourth-order valence-corrected chi connectivity index (χ4v) is 2.76. The number of aromatic amines is 1. The van der Waals surface area contributed by atoms with Gasteiger partial charge in [0.25, 0.3) is 0 Å². The zero-order valence-electron chi connectivity index (χ0n) is 11.0. The van der Waals surface area contributed by atoms with E-state index in [-0.39, 0.29) is 17.8 Å². The summed E-state index contributed by atoms with van der Waals surface area (Å²) in [5.41, 5.74) is -0.490. The van der Waals surface area contributed by atoms with Crippen LogP contribution >= 0.6 is 12.4 Å². The number of H-pyrrole nitrogens is 1. The van der Waals surface area contributed by atoms with E-state index in [0.717, 1.165) is 5.39 Å². The van der Waals surface area contributed by atoms with Gasteiger partial charge >= 0.3 is 6.18 Å². The van der Waals surface area contributed by atoms with E-state index < -0.39 is 11.9 Å². The molecule has 0 amide bonds. The maximum atomic E-state index is 13.2. The highest BCUT2D eigenvalue weighted by Gasteiger charge is 2.36. The normalized spacial score (nSPS) is 12.0. The summed E-state index contributed by atoms with van der Waals surface area (Å²) >= 11 is 0. The van der Waals surface area contributed by atoms with Gasteiger partial charge in [0.05, 0.1) is 0 Å². The van der Waals surface area contributed by atoms with E-state index in [9.17, 15) is 13.2 Å². The van der Waals surface area contributed by atoms with Crippen molar-refractivity contribution in [3.05, 3.63) is 48.4 Å². The van der Waals surface area contributed by atoms with E-state index in [2.05, 4.69) is 15.2 Å². The Morgan fingerprint density at radius 1 is 0.909 bits per heavy atom. The first-order valence-corrected chi connectivity index (χ1v) is 6.27. The monoisotopic (exact) mass is 323 g/mol. The number of rotatable bonds is 0. The molecule has 22 heavy (non-hydrogen) atoms. The molecular formula is C15H9ClF3N3. The first-order chi connectivity index (χ1) is 10.1. The van der Waals surface area contributed by atoms with E-state index in [1.54, 1.807) is 24.4 Å². The van der Waals surface area contributed by atoms with Gasteiger partial charge in [0.1, 0.15) is 11.2 Å². The summed E-state index contributed by atoms with van der Waals surface area (Å²) in [6.45, 7) is 0. The lowest BCUT2D eigenvalue weighted by molar-refractivity contribution is -0.139. The van der Waals surface area contributed by atoms with Crippen LogP contribution in [0.15, 0.2) is 42.7 Å². The Balaban J connectivity index is 0.00000144. The average molecular weight is 324 g/mol. The SMILES string of the molecule is Cl.FC(F)(F)c1[nH]nc2c3ccccc3c3cnccc3c12. The van der Waals surface area contributed by atoms with Gasteiger partial charge in [-0.05, 0) is 16.8 Å². The predicted octanol–water partition coefficient (Wildman–Crippen LogP) is 4.70. The number of nitrogens with one attached hydrogen (secondary N) is 1. The minimum absolute atomic E-state index is 0. The summed E-state index contributed by atoms with van der Waals surface area (Å²) in [6.07, 6.45) is -1.40. The molecule has 0 fully saturated rings. The van der Waals surface area contributed by atoms with Crippen LogP contribution in [0.3, 0.4) is 0 Å². The van der Waals surface area contributed by atoms with Crippen molar-refractivity contribution < 1.29 is 13.2 Å². The van der Waals surface area contributed by atoms with E-state index in [0.29, 0.717) is 21.7 Å². The van der Waals surface area contributed by atoms with E-state index in [4.69, 9.17) is 0 Å². The topological polar surface area (TPSA) is 41.6 Å². The van der Waals surface area contributed by atoms with Gasteiger partial charge in [-0.15, -0.1) is 12.4 Å². The first kappa shape index (κ1) is 14.6. The Bertz CT molecular complexity index is 992. The fourth-order valence-electron chi connectivity index (χ4n) is 2.76. The van der Waals surface area contributed by atoms with Crippen LogP contribution in [0.25, 0.3) is 32.4 Å². The Kier molecular flexibility index (Phi) is 3.21. The lowest BCUT2D eigenvalue weighted by Gasteiger charge is -2.08. The number of benzene rings is 2. The van der Waals surface area contributed by atoms with Gasteiger partial charge in [-0.3, -0.25) is 10.1 Å². The zero-order chi connectivity index (χ0) is 14.6. The number of aromatic nitrogens is 3. The molecule has 2 heterocycles. The molecule has 1 N–H and O–H groups in total.